The predicted octanol–water partition coefficient (Wildman–Crippen LogP) is 11.5. The van der Waals surface area contributed by atoms with E-state index in [0.29, 0.717) is 58.2 Å². The van der Waals surface area contributed by atoms with E-state index in [1.165, 1.54) is 89.9 Å². The average Bonchev–Trinajstić information content (AvgIpc) is 3.67. The number of carbonyl (C=O) groups excluding carboxylic acids is 1. The summed E-state index contributed by atoms with van der Waals surface area (Å²) < 4.78 is 6.37. The van der Waals surface area contributed by atoms with Crippen molar-refractivity contribution in [3.8, 4) is 0 Å². The van der Waals surface area contributed by atoms with Gasteiger partial charge in [-0.2, -0.15) is 0 Å². The molecule has 0 heterocycles. The molecule has 18 atom stereocenters. The molecule has 0 amide bonds. The summed E-state index contributed by atoms with van der Waals surface area (Å²) in [7, 11) is 0. The fourth-order valence-corrected chi connectivity index (χ4v) is 17.9. The molecule has 0 saturated heterocycles. The maximum absolute atomic E-state index is 13.5. The summed E-state index contributed by atoms with van der Waals surface area (Å²) in [6, 6.07) is 0. The first-order chi connectivity index (χ1) is 25.2. The lowest BCUT2D eigenvalue weighted by Crippen LogP contribution is -2.54. The molecule has 8 fully saturated rings. The summed E-state index contributed by atoms with van der Waals surface area (Å²) in [5.74, 6) is 8.26. The lowest BCUT2D eigenvalue weighted by atomic mass is 9.44. The smallest absolute Gasteiger partial charge is 0.306 e. The van der Waals surface area contributed by atoms with Gasteiger partial charge in [-0.1, -0.05) is 41.5 Å². The zero-order valence-corrected chi connectivity index (χ0v) is 34.8. The van der Waals surface area contributed by atoms with Gasteiger partial charge >= 0.3 is 11.9 Å². The molecule has 0 aromatic carbocycles. The van der Waals surface area contributed by atoms with E-state index in [1.807, 2.05) is 0 Å². The first kappa shape index (κ1) is 38.8. The van der Waals surface area contributed by atoms with Crippen molar-refractivity contribution >= 4 is 11.9 Å². The SMILES string of the molecule is C[C@H](CCC(=O)O)[C@H]1CC[C@H]2[C@@H]3CC[C@@H]4C[C@H](OC(=O)CC[C@@H](C)[C@H]5CCC6C7CCC8C[C@@H](O)CC[C@]8(C)C7CC[C@@]65C)CC[C@]4(C)[C@H]3CC[C@]12C. The highest BCUT2D eigenvalue weighted by molar-refractivity contribution is 5.69. The molecule has 8 aliphatic rings. The fraction of sp³-hybridized carbons (Fsp3) is 0.958. The van der Waals surface area contributed by atoms with Crippen LogP contribution in [0.5, 0.6) is 0 Å². The Morgan fingerprint density at radius 3 is 1.60 bits per heavy atom. The zero-order chi connectivity index (χ0) is 37.5. The number of rotatable bonds is 9. The number of carboxylic acid groups (broad SMARTS) is 1. The van der Waals surface area contributed by atoms with E-state index < -0.39 is 5.97 Å². The number of hydrogen-bond donors (Lipinski definition) is 2. The highest BCUT2D eigenvalue weighted by Crippen LogP contribution is 2.70. The number of fused-ring (bicyclic) bond motifs is 10. The molecule has 0 bridgehead atoms. The van der Waals surface area contributed by atoms with Gasteiger partial charge in [0, 0.05) is 12.8 Å². The molecule has 0 spiro atoms. The summed E-state index contributed by atoms with van der Waals surface area (Å²) in [6.07, 6.45) is 25.4. The van der Waals surface area contributed by atoms with Crippen molar-refractivity contribution in [1.29, 1.82) is 0 Å². The molecule has 8 aliphatic carbocycles. The lowest BCUT2D eigenvalue weighted by molar-refractivity contribution is -0.163. The van der Waals surface area contributed by atoms with Crippen LogP contribution in [-0.2, 0) is 14.3 Å². The maximum Gasteiger partial charge on any atom is 0.306 e. The summed E-state index contributed by atoms with van der Waals surface area (Å²) in [5, 5.41) is 19.8. The van der Waals surface area contributed by atoms with E-state index in [-0.39, 0.29) is 18.2 Å². The normalized spacial score (nSPS) is 51.4. The van der Waals surface area contributed by atoms with Crippen LogP contribution in [0.25, 0.3) is 0 Å². The molecule has 0 aliphatic heterocycles. The Labute approximate surface area is 323 Å². The number of carbonyl (C=O) groups is 2. The molecular formula is C48H78O5. The molecule has 53 heavy (non-hydrogen) atoms. The lowest BCUT2D eigenvalue weighted by Gasteiger charge is -2.61. The van der Waals surface area contributed by atoms with Gasteiger partial charge in [-0.05, 0) is 221 Å². The third-order valence-electron chi connectivity index (χ3n) is 20.7. The molecule has 300 valence electrons. The topological polar surface area (TPSA) is 83.8 Å². The van der Waals surface area contributed by atoms with Gasteiger partial charge in [0.15, 0.2) is 0 Å². The Hall–Kier alpha value is -1.10. The molecule has 0 aromatic rings. The highest BCUT2D eigenvalue weighted by Gasteiger charge is 2.62. The van der Waals surface area contributed by atoms with Gasteiger partial charge in [0.25, 0.3) is 0 Å². The Balaban J connectivity index is 0.823. The minimum Gasteiger partial charge on any atom is -0.481 e. The van der Waals surface area contributed by atoms with E-state index in [0.717, 1.165) is 85.9 Å². The quantitative estimate of drug-likeness (QED) is 0.230. The van der Waals surface area contributed by atoms with E-state index in [2.05, 4.69) is 41.5 Å². The van der Waals surface area contributed by atoms with E-state index in [9.17, 15) is 19.8 Å². The van der Waals surface area contributed by atoms with Crippen LogP contribution in [0.15, 0.2) is 0 Å². The largest absolute Gasteiger partial charge is 0.481 e. The van der Waals surface area contributed by atoms with Crippen molar-refractivity contribution in [2.45, 2.75) is 195 Å². The van der Waals surface area contributed by atoms with Crippen LogP contribution in [0, 0.1) is 92.7 Å². The number of aliphatic hydroxyl groups is 1. The van der Waals surface area contributed by atoms with Crippen LogP contribution in [0.4, 0.5) is 0 Å². The number of aliphatic carboxylic acids is 1. The third-order valence-corrected chi connectivity index (χ3v) is 20.7. The summed E-state index contributed by atoms with van der Waals surface area (Å²) >= 11 is 0. The highest BCUT2D eigenvalue weighted by atomic mass is 16.5. The van der Waals surface area contributed by atoms with Crippen LogP contribution in [0.1, 0.15) is 183 Å². The second-order valence-corrected chi connectivity index (χ2v) is 22.5. The van der Waals surface area contributed by atoms with Crippen molar-refractivity contribution in [3.63, 3.8) is 0 Å². The minimum atomic E-state index is -0.648. The number of hydrogen-bond acceptors (Lipinski definition) is 4. The molecule has 5 nitrogen and oxygen atoms in total. The molecule has 2 N–H and O–H groups in total. The molecule has 0 aromatic heterocycles. The van der Waals surface area contributed by atoms with Crippen LogP contribution >= 0.6 is 0 Å². The molecular weight excluding hydrogens is 657 g/mol. The monoisotopic (exact) mass is 735 g/mol. The van der Waals surface area contributed by atoms with E-state index in [4.69, 9.17) is 4.74 Å². The number of ether oxygens (including phenoxy) is 1. The standard InChI is InChI=1S/C48H78O5/c1-29(7-17-43(50)51)37-13-15-40-36-12-10-32-28-34(20-24-46(32,4)42(36)22-26-47(37,40)5)53-44(52)18-8-30(2)38-14-16-39-35-11-9-31-27-33(49)19-23-45(31,3)41(35)21-25-48(38,39)6/h29-42,49H,7-28H2,1-6H3,(H,50,51)/t29-,30-,31?,32-,33+,34-,35?,36+,37-,38-,39?,40+,41?,42+,45+,46+,47-,48-/m1/s1. The number of esters is 1. The Kier molecular flexibility index (Phi) is 10.5. The van der Waals surface area contributed by atoms with Crippen molar-refractivity contribution in [3.05, 3.63) is 0 Å². The van der Waals surface area contributed by atoms with Crippen LogP contribution < -0.4 is 0 Å². The van der Waals surface area contributed by atoms with Gasteiger partial charge in [0.2, 0.25) is 0 Å². The van der Waals surface area contributed by atoms with Gasteiger partial charge in [0.05, 0.1) is 6.10 Å². The van der Waals surface area contributed by atoms with Gasteiger partial charge in [0.1, 0.15) is 6.10 Å². The first-order valence-corrected chi connectivity index (χ1v) is 23.3. The molecule has 8 saturated carbocycles. The van der Waals surface area contributed by atoms with Crippen molar-refractivity contribution in [1.82, 2.24) is 0 Å². The first-order valence-electron chi connectivity index (χ1n) is 23.3. The van der Waals surface area contributed by atoms with Gasteiger partial charge in [-0.25, -0.2) is 0 Å². The Morgan fingerprint density at radius 1 is 0.585 bits per heavy atom. The van der Waals surface area contributed by atoms with Gasteiger partial charge < -0.3 is 14.9 Å². The van der Waals surface area contributed by atoms with Crippen LogP contribution in [0.3, 0.4) is 0 Å². The summed E-state index contributed by atoms with van der Waals surface area (Å²) in [4.78, 5) is 24.8. The molecule has 5 heteroatoms. The van der Waals surface area contributed by atoms with Gasteiger partial charge in [-0.15, -0.1) is 0 Å². The van der Waals surface area contributed by atoms with Crippen molar-refractivity contribution in [2.75, 3.05) is 0 Å². The molecule has 8 rings (SSSR count). The fourth-order valence-electron chi connectivity index (χ4n) is 17.9. The average molecular weight is 735 g/mol. The van der Waals surface area contributed by atoms with Crippen LogP contribution in [-0.4, -0.2) is 34.4 Å². The van der Waals surface area contributed by atoms with Crippen molar-refractivity contribution in [2.24, 2.45) is 92.7 Å². The molecule has 0 radical (unpaired) electrons. The second-order valence-electron chi connectivity index (χ2n) is 22.5. The minimum absolute atomic E-state index is 0.0655. The van der Waals surface area contributed by atoms with Crippen LogP contribution in [0.2, 0.25) is 0 Å². The third kappa shape index (κ3) is 6.49. The van der Waals surface area contributed by atoms with E-state index in [1.54, 1.807) is 0 Å². The summed E-state index contributed by atoms with van der Waals surface area (Å²) in [6.45, 7) is 15.2. The summed E-state index contributed by atoms with van der Waals surface area (Å²) in [5.41, 5.74) is 1.61. The zero-order valence-electron chi connectivity index (χ0n) is 34.8. The predicted molar refractivity (Wildman–Crippen MR) is 211 cm³/mol. The number of aliphatic hydroxyl groups excluding tert-OH is 1. The Bertz CT molecular complexity index is 1360. The van der Waals surface area contributed by atoms with Gasteiger partial charge in [-0.3, -0.25) is 9.59 Å². The molecule has 4 unspecified atom stereocenters. The second kappa shape index (κ2) is 14.4. The van der Waals surface area contributed by atoms with Crippen molar-refractivity contribution < 1.29 is 24.5 Å². The maximum atomic E-state index is 13.5. The number of carboxylic acids is 1. The Morgan fingerprint density at radius 2 is 1.06 bits per heavy atom. The van der Waals surface area contributed by atoms with E-state index >= 15 is 0 Å².